The Hall–Kier alpha value is -0.120. The first-order valence-electron chi connectivity index (χ1n) is 14.9. The predicted octanol–water partition coefficient (Wildman–Crippen LogP) is 6.60. The second kappa shape index (κ2) is 7.25. The first kappa shape index (κ1) is 24.2. The molecule has 5 aliphatic carbocycles. The Morgan fingerprint density at radius 2 is 1.50 bits per heavy atom. The summed E-state index contributed by atoms with van der Waals surface area (Å²) in [5.74, 6) is 3.56. The fourth-order valence-corrected chi connectivity index (χ4v) is 12.4. The average molecular weight is 473 g/mol. The van der Waals surface area contributed by atoms with Gasteiger partial charge in [0.1, 0.15) is 0 Å². The van der Waals surface area contributed by atoms with Gasteiger partial charge in [-0.1, -0.05) is 41.0 Å². The van der Waals surface area contributed by atoms with Crippen molar-refractivity contribution in [2.45, 2.75) is 124 Å². The summed E-state index contributed by atoms with van der Waals surface area (Å²) >= 11 is 0. The van der Waals surface area contributed by atoms with Crippen LogP contribution in [-0.4, -0.2) is 35.1 Å². The first-order chi connectivity index (χ1) is 15.9. The number of aliphatic hydroxyl groups excluding tert-OH is 2. The summed E-state index contributed by atoms with van der Waals surface area (Å²) in [6, 6.07) is 0. The fourth-order valence-electron chi connectivity index (χ4n) is 12.4. The molecular formula is C31H52O3. The van der Waals surface area contributed by atoms with Crippen LogP contribution in [-0.2, 0) is 4.74 Å². The van der Waals surface area contributed by atoms with Gasteiger partial charge >= 0.3 is 0 Å². The number of ether oxygens (including phenoxy) is 1. The zero-order chi connectivity index (χ0) is 24.4. The van der Waals surface area contributed by atoms with Crippen molar-refractivity contribution in [3.63, 3.8) is 0 Å². The monoisotopic (exact) mass is 472 g/mol. The van der Waals surface area contributed by atoms with Gasteiger partial charge < -0.3 is 14.9 Å². The summed E-state index contributed by atoms with van der Waals surface area (Å²) < 4.78 is 6.15. The molecular weight excluding hydrogens is 420 g/mol. The van der Waals surface area contributed by atoms with E-state index in [9.17, 15) is 10.2 Å². The SMILES string of the molecule is CC[C@]12CCC(C3(C)CO3)C1C1CCC3[C@@]4(C)CC[C@H](O)[C@@](C)(CO)[C@@H]4CC[C@@]3(C)[C@]1(C)CC2. The minimum atomic E-state index is -0.356. The number of hydrogen-bond acceptors (Lipinski definition) is 3. The number of hydrogen-bond donors (Lipinski definition) is 2. The highest BCUT2D eigenvalue weighted by atomic mass is 16.6. The molecule has 0 aromatic rings. The minimum absolute atomic E-state index is 0.124. The van der Waals surface area contributed by atoms with Gasteiger partial charge in [-0.2, -0.15) is 0 Å². The van der Waals surface area contributed by atoms with Crippen LogP contribution in [0.2, 0.25) is 0 Å². The van der Waals surface area contributed by atoms with Crippen LogP contribution in [0, 0.1) is 56.7 Å². The third-order valence-corrected chi connectivity index (χ3v) is 14.8. The lowest BCUT2D eigenvalue weighted by Crippen LogP contribution is -2.67. The maximum Gasteiger partial charge on any atom is 0.0919 e. The zero-order valence-corrected chi connectivity index (χ0v) is 23.0. The highest BCUT2D eigenvalue weighted by molar-refractivity contribution is 5.21. The quantitative estimate of drug-likeness (QED) is 0.455. The van der Waals surface area contributed by atoms with Crippen LogP contribution < -0.4 is 0 Å². The van der Waals surface area contributed by atoms with Crippen molar-refractivity contribution < 1.29 is 14.9 Å². The molecule has 5 saturated carbocycles. The van der Waals surface area contributed by atoms with Crippen molar-refractivity contribution >= 4 is 0 Å². The van der Waals surface area contributed by atoms with Crippen LogP contribution in [0.15, 0.2) is 0 Å². The molecule has 2 N–H and O–H groups in total. The average Bonchev–Trinajstić information content (AvgIpc) is 3.43. The largest absolute Gasteiger partial charge is 0.396 e. The van der Waals surface area contributed by atoms with E-state index in [1.807, 2.05) is 0 Å². The molecule has 194 valence electrons. The van der Waals surface area contributed by atoms with Gasteiger partial charge in [-0.05, 0) is 122 Å². The van der Waals surface area contributed by atoms with Gasteiger partial charge in [0.05, 0.1) is 24.9 Å². The Balaban J connectivity index is 1.39. The second-order valence-electron chi connectivity index (χ2n) is 15.4. The zero-order valence-electron chi connectivity index (χ0n) is 23.0. The van der Waals surface area contributed by atoms with Crippen LogP contribution in [0.5, 0.6) is 0 Å². The molecule has 0 aromatic carbocycles. The summed E-state index contributed by atoms with van der Waals surface area (Å²) in [7, 11) is 0. The van der Waals surface area contributed by atoms with Gasteiger partial charge in [-0.25, -0.2) is 0 Å². The van der Waals surface area contributed by atoms with Gasteiger partial charge in [-0.3, -0.25) is 0 Å². The molecule has 0 aromatic heterocycles. The fraction of sp³-hybridized carbons (Fsp3) is 1.00. The van der Waals surface area contributed by atoms with Gasteiger partial charge in [0.2, 0.25) is 0 Å². The highest BCUT2D eigenvalue weighted by Crippen LogP contribution is 2.78. The number of epoxide rings is 1. The minimum Gasteiger partial charge on any atom is -0.396 e. The van der Waals surface area contributed by atoms with E-state index in [1.165, 1.54) is 57.8 Å². The summed E-state index contributed by atoms with van der Waals surface area (Å²) in [6.07, 6.45) is 13.8. The van der Waals surface area contributed by atoms with Crippen LogP contribution in [0.4, 0.5) is 0 Å². The Labute approximate surface area is 208 Å². The molecule has 0 amide bonds. The summed E-state index contributed by atoms with van der Waals surface area (Å²) in [5.41, 5.74) is 1.36. The van der Waals surface area contributed by atoms with Crippen LogP contribution >= 0.6 is 0 Å². The molecule has 0 bridgehead atoms. The third kappa shape index (κ3) is 2.71. The molecule has 12 atom stereocenters. The maximum atomic E-state index is 11.0. The Kier molecular flexibility index (Phi) is 5.17. The van der Waals surface area contributed by atoms with E-state index in [2.05, 4.69) is 41.5 Å². The van der Waals surface area contributed by atoms with Crippen LogP contribution in [0.1, 0.15) is 112 Å². The van der Waals surface area contributed by atoms with E-state index in [1.54, 1.807) is 0 Å². The molecule has 0 radical (unpaired) electrons. The van der Waals surface area contributed by atoms with E-state index in [0.717, 1.165) is 37.2 Å². The van der Waals surface area contributed by atoms with Crippen molar-refractivity contribution in [3.8, 4) is 0 Å². The van der Waals surface area contributed by atoms with Crippen molar-refractivity contribution in [3.05, 3.63) is 0 Å². The van der Waals surface area contributed by atoms with Crippen molar-refractivity contribution in [1.29, 1.82) is 0 Å². The Bertz CT molecular complexity index is 837. The first-order valence-corrected chi connectivity index (χ1v) is 14.9. The van der Waals surface area contributed by atoms with E-state index in [0.29, 0.717) is 28.1 Å². The molecule has 6 rings (SSSR count). The van der Waals surface area contributed by atoms with Crippen molar-refractivity contribution in [2.24, 2.45) is 56.7 Å². The molecule has 1 heterocycles. The molecule has 6 fully saturated rings. The van der Waals surface area contributed by atoms with E-state index < -0.39 is 0 Å². The van der Waals surface area contributed by atoms with Gasteiger partial charge in [0, 0.05) is 5.41 Å². The standard InChI is InChI=1S/C31H52O3/c1-7-31-15-10-21(30(6)19-34-30)25(31)20-8-9-23-26(2)13-12-24(33)27(3,18-32)22(26)11-14-29(23,5)28(20,4)16-17-31/h20-25,32-33H,7-19H2,1-6H3/t20?,21?,22-,23?,24+,25?,26+,27+,28-,29-,30?,31-/m1/s1. The lowest BCUT2D eigenvalue weighted by molar-refractivity contribution is -0.255. The number of aliphatic hydroxyl groups is 2. The molecule has 34 heavy (non-hydrogen) atoms. The van der Waals surface area contributed by atoms with Crippen LogP contribution in [0.25, 0.3) is 0 Å². The molecule has 0 spiro atoms. The predicted molar refractivity (Wildman–Crippen MR) is 136 cm³/mol. The van der Waals surface area contributed by atoms with Gasteiger partial charge in [0.15, 0.2) is 0 Å². The van der Waals surface area contributed by atoms with Gasteiger partial charge in [0.25, 0.3) is 0 Å². The Morgan fingerprint density at radius 1 is 0.765 bits per heavy atom. The smallest absolute Gasteiger partial charge is 0.0919 e. The van der Waals surface area contributed by atoms with Crippen molar-refractivity contribution in [1.82, 2.24) is 0 Å². The maximum absolute atomic E-state index is 11.0. The summed E-state index contributed by atoms with van der Waals surface area (Å²) in [4.78, 5) is 0. The highest BCUT2D eigenvalue weighted by Gasteiger charge is 2.72. The third-order valence-electron chi connectivity index (χ3n) is 14.8. The number of rotatable bonds is 3. The van der Waals surface area contributed by atoms with Gasteiger partial charge in [-0.15, -0.1) is 0 Å². The molecule has 1 saturated heterocycles. The van der Waals surface area contributed by atoms with Crippen molar-refractivity contribution in [2.75, 3.05) is 13.2 Å². The normalized spacial score (nSPS) is 62.8. The Morgan fingerprint density at radius 3 is 2.15 bits per heavy atom. The number of fused-ring (bicyclic) bond motifs is 7. The lowest BCUT2D eigenvalue weighted by atomic mass is 9.32. The van der Waals surface area contributed by atoms with E-state index >= 15 is 0 Å². The van der Waals surface area contributed by atoms with E-state index in [-0.39, 0.29) is 29.1 Å². The second-order valence-corrected chi connectivity index (χ2v) is 15.4. The molecule has 3 heteroatoms. The van der Waals surface area contributed by atoms with Crippen LogP contribution in [0.3, 0.4) is 0 Å². The summed E-state index contributed by atoms with van der Waals surface area (Å²) in [6.45, 7) is 16.2. The molecule has 3 nitrogen and oxygen atoms in total. The topological polar surface area (TPSA) is 53.0 Å². The molecule has 5 unspecified atom stereocenters. The molecule has 1 aliphatic heterocycles. The molecule has 6 aliphatic rings. The van der Waals surface area contributed by atoms with E-state index in [4.69, 9.17) is 4.74 Å². The summed E-state index contributed by atoms with van der Waals surface area (Å²) in [5, 5.41) is 21.4. The lowest BCUT2D eigenvalue weighted by Gasteiger charge is -2.73.